The number of phenols is 1. The molecule has 0 spiro atoms. The zero-order valence-corrected chi connectivity index (χ0v) is 13.5. The van der Waals surface area contributed by atoms with Gasteiger partial charge >= 0.3 is 0 Å². The molecule has 1 heterocycles. The highest BCUT2D eigenvalue weighted by Crippen LogP contribution is 2.38. The number of nitriles is 1. The molecule has 118 valence electrons. The van der Waals surface area contributed by atoms with Crippen LogP contribution < -0.4 is 10.1 Å². The van der Waals surface area contributed by atoms with Crippen LogP contribution in [0, 0.1) is 11.3 Å². The molecule has 0 aliphatic carbocycles. The number of rotatable bonds is 4. The monoisotopic (exact) mass is 333 g/mol. The predicted octanol–water partition coefficient (Wildman–Crippen LogP) is 2.10. The van der Waals surface area contributed by atoms with Crippen LogP contribution in [-0.2, 0) is 0 Å². The number of piperazine rings is 1. The minimum absolute atomic E-state index is 0. The van der Waals surface area contributed by atoms with Crippen molar-refractivity contribution in [1.82, 2.24) is 10.2 Å². The molecule has 2 N–H and O–H groups in total. The summed E-state index contributed by atoms with van der Waals surface area (Å²) in [5.74, 6) is 0.830. The fourth-order valence-corrected chi connectivity index (χ4v) is 2.54. The summed E-state index contributed by atoms with van der Waals surface area (Å²) in [7, 11) is 1.58. The van der Waals surface area contributed by atoms with Crippen LogP contribution in [0.4, 0.5) is 0 Å². The maximum atomic E-state index is 10.1. The van der Waals surface area contributed by atoms with Gasteiger partial charge in [-0.1, -0.05) is 6.07 Å². The average molecular weight is 334 g/mol. The summed E-state index contributed by atoms with van der Waals surface area (Å²) in [6, 6.07) is 7.30. The Morgan fingerprint density at radius 2 is 2.05 bits per heavy atom. The molecule has 1 aliphatic heterocycles. The van der Waals surface area contributed by atoms with E-state index >= 15 is 0 Å². The molecule has 0 saturated carbocycles. The fourth-order valence-electron chi connectivity index (χ4n) is 2.54. The van der Waals surface area contributed by atoms with Crippen LogP contribution in [0.3, 0.4) is 0 Å². The number of hydrogen-bond acceptors (Lipinski definition) is 5. The summed E-state index contributed by atoms with van der Waals surface area (Å²) in [6.07, 6.45) is 0.341. The van der Waals surface area contributed by atoms with Gasteiger partial charge in [-0.3, -0.25) is 4.90 Å². The molecular formula is C14H21Cl2N3O2. The van der Waals surface area contributed by atoms with E-state index in [9.17, 15) is 5.11 Å². The molecule has 1 fully saturated rings. The molecule has 1 saturated heterocycles. The van der Waals surface area contributed by atoms with Crippen molar-refractivity contribution >= 4 is 24.8 Å². The Labute approximate surface area is 137 Å². The van der Waals surface area contributed by atoms with E-state index in [1.165, 1.54) is 0 Å². The van der Waals surface area contributed by atoms with Gasteiger partial charge in [0, 0.05) is 26.2 Å². The van der Waals surface area contributed by atoms with Crippen LogP contribution in [0.5, 0.6) is 11.5 Å². The second kappa shape index (κ2) is 9.69. The van der Waals surface area contributed by atoms with Crippen molar-refractivity contribution in [2.75, 3.05) is 33.3 Å². The van der Waals surface area contributed by atoms with E-state index in [1.54, 1.807) is 19.2 Å². The second-order valence-corrected chi connectivity index (χ2v) is 4.56. The maximum Gasteiger partial charge on any atom is 0.127 e. The van der Waals surface area contributed by atoms with Crippen molar-refractivity contribution in [2.45, 2.75) is 12.5 Å². The highest BCUT2D eigenvalue weighted by Gasteiger charge is 2.27. The van der Waals surface area contributed by atoms with Gasteiger partial charge in [-0.25, -0.2) is 0 Å². The highest BCUT2D eigenvalue weighted by molar-refractivity contribution is 5.85. The van der Waals surface area contributed by atoms with E-state index in [-0.39, 0.29) is 36.6 Å². The molecule has 7 heteroatoms. The largest absolute Gasteiger partial charge is 0.507 e. The molecule has 2 rings (SSSR count). The van der Waals surface area contributed by atoms with Gasteiger partial charge in [-0.2, -0.15) is 5.26 Å². The first kappa shape index (κ1) is 19.8. The molecule has 1 aromatic carbocycles. The van der Waals surface area contributed by atoms with Crippen LogP contribution in [0.1, 0.15) is 18.0 Å². The lowest BCUT2D eigenvalue weighted by molar-refractivity contribution is 0.170. The number of hydrogen-bond donors (Lipinski definition) is 2. The number of aromatic hydroxyl groups is 1. The molecule has 1 atom stereocenters. The number of halogens is 2. The van der Waals surface area contributed by atoms with Crippen molar-refractivity contribution in [3.05, 3.63) is 23.8 Å². The third-order valence-corrected chi connectivity index (χ3v) is 3.47. The Balaban J connectivity index is 0.00000200. The Morgan fingerprint density at radius 3 is 2.62 bits per heavy atom. The summed E-state index contributed by atoms with van der Waals surface area (Å²) in [5.41, 5.74) is 0.716. The van der Waals surface area contributed by atoms with Gasteiger partial charge in [0.2, 0.25) is 0 Å². The highest BCUT2D eigenvalue weighted by atomic mass is 35.5. The average Bonchev–Trinajstić information content (AvgIpc) is 2.46. The molecule has 21 heavy (non-hydrogen) atoms. The SMILES string of the molecule is COc1cccc(O)c1[C@@H](CC#N)N1CCNCC1.Cl.Cl. The van der Waals surface area contributed by atoms with Crippen LogP contribution >= 0.6 is 24.8 Å². The maximum absolute atomic E-state index is 10.1. The first-order chi connectivity index (χ1) is 9.27. The number of nitrogens with one attached hydrogen (secondary N) is 1. The molecule has 0 radical (unpaired) electrons. The standard InChI is InChI=1S/C14H19N3O2.2ClH/c1-19-13-4-2-3-12(18)14(13)11(5-6-15)17-9-7-16-8-10-17;;/h2-4,11,16,18H,5,7-10H2,1H3;2*1H/t11-;;/m1../s1. The third-order valence-electron chi connectivity index (χ3n) is 3.47. The van der Waals surface area contributed by atoms with Gasteiger partial charge in [0.15, 0.2) is 0 Å². The summed E-state index contributed by atoms with van der Waals surface area (Å²) in [4.78, 5) is 2.22. The first-order valence-corrected chi connectivity index (χ1v) is 6.45. The Morgan fingerprint density at radius 1 is 1.38 bits per heavy atom. The Kier molecular flexibility index (Phi) is 9.14. The minimum atomic E-state index is -0.122. The second-order valence-electron chi connectivity index (χ2n) is 4.56. The number of ether oxygens (including phenoxy) is 1. The zero-order chi connectivity index (χ0) is 13.7. The molecule has 1 aromatic rings. The van der Waals surface area contributed by atoms with Gasteiger partial charge in [0.05, 0.1) is 31.2 Å². The number of methoxy groups -OCH3 is 1. The summed E-state index contributed by atoms with van der Waals surface area (Å²) in [5, 5.41) is 22.5. The summed E-state index contributed by atoms with van der Waals surface area (Å²) >= 11 is 0. The quantitative estimate of drug-likeness (QED) is 0.883. The fraction of sp³-hybridized carbons (Fsp3) is 0.500. The van der Waals surface area contributed by atoms with Crippen molar-refractivity contribution < 1.29 is 9.84 Å². The molecule has 5 nitrogen and oxygen atoms in total. The van der Waals surface area contributed by atoms with Crippen LogP contribution in [0.15, 0.2) is 18.2 Å². The van der Waals surface area contributed by atoms with E-state index in [4.69, 9.17) is 10.00 Å². The van der Waals surface area contributed by atoms with Crippen molar-refractivity contribution in [3.8, 4) is 17.6 Å². The predicted molar refractivity (Wildman–Crippen MR) is 86.6 cm³/mol. The van der Waals surface area contributed by atoms with Crippen molar-refractivity contribution in [2.24, 2.45) is 0 Å². The summed E-state index contributed by atoms with van der Waals surface area (Å²) in [6.45, 7) is 3.53. The number of phenolic OH excluding ortho intramolecular Hbond substituents is 1. The van der Waals surface area contributed by atoms with Crippen molar-refractivity contribution in [1.29, 1.82) is 5.26 Å². The van der Waals surface area contributed by atoms with Gasteiger partial charge < -0.3 is 15.2 Å². The lowest BCUT2D eigenvalue weighted by Gasteiger charge is -2.34. The number of nitrogens with zero attached hydrogens (tertiary/aromatic N) is 2. The van der Waals surface area contributed by atoms with E-state index in [1.807, 2.05) is 6.07 Å². The molecular weight excluding hydrogens is 313 g/mol. The minimum Gasteiger partial charge on any atom is -0.507 e. The van der Waals surface area contributed by atoms with Crippen LogP contribution in [0.2, 0.25) is 0 Å². The smallest absolute Gasteiger partial charge is 0.127 e. The lowest BCUT2D eigenvalue weighted by atomic mass is 9.99. The normalized spacial score (nSPS) is 16.0. The van der Waals surface area contributed by atoms with E-state index in [0.29, 0.717) is 17.7 Å². The van der Waals surface area contributed by atoms with E-state index in [0.717, 1.165) is 26.2 Å². The van der Waals surface area contributed by atoms with Gasteiger partial charge in [-0.05, 0) is 12.1 Å². The van der Waals surface area contributed by atoms with Gasteiger partial charge in [0.1, 0.15) is 11.5 Å². The molecule has 0 aromatic heterocycles. The Hall–Kier alpha value is -1.19. The van der Waals surface area contributed by atoms with Gasteiger partial charge in [-0.15, -0.1) is 24.8 Å². The number of benzene rings is 1. The molecule has 0 unspecified atom stereocenters. The zero-order valence-electron chi connectivity index (χ0n) is 11.9. The summed E-state index contributed by atoms with van der Waals surface area (Å²) < 4.78 is 5.33. The molecule has 0 bridgehead atoms. The first-order valence-electron chi connectivity index (χ1n) is 6.45. The van der Waals surface area contributed by atoms with Crippen molar-refractivity contribution in [3.63, 3.8) is 0 Å². The van der Waals surface area contributed by atoms with E-state index < -0.39 is 0 Å². The lowest BCUT2D eigenvalue weighted by Crippen LogP contribution is -2.45. The third kappa shape index (κ3) is 4.65. The topological polar surface area (TPSA) is 68.5 Å². The molecule has 1 aliphatic rings. The van der Waals surface area contributed by atoms with Crippen LogP contribution in [0.25, 0.3) is 0 Å². The Bertz CT molecular complexity index is 474. The molecule has 0 amide bonds. The van der Waals surface area contributed by atoms with Gasteiger partial charge in [0.25, 0.3) is 0 Å². The van der Waals surface area contributed by atoms with E-state index in [2.05, 4.69) is 16.3 Å². The van der Waals surface area contributed by atoms with Crippen LogP contribution in [-0.4, -0.2) is 43.3 Å².